The maximum atomic E-state index is 11.9. The molecule has 5 nitrogen and oxygen atoms in total. The fourth-order valence-electron chi connectivity index (χ4n) is 1.47. The highest BCUT2D eigenvalue weighted by Crippen LogP contribution is 2.16. The fraction of sp³-hybridized carbons (Fsp3) is 0.385. The van der Waals surface area contributed by atoms with Gasteiger partial charge in [0.25, 0.3) is 5.91 Å². The van der Waals surface area contributed by atoms with E-state index in [1.165, 1.54) is 7.05 Å². The molecule has 0 aliphatic heterocycles. The van der Waals surface area contributed by atoms with E-state index in [4.69, 9.17) is 9.84 Å². The summed E-state index contributed by atoms with van der Waals surface area (Å²) in [7, 11) is 1.45. The number of rotatable bonds is 5. The van der Waals surface area contributed by atoms with E-state index in [1.807, 2.05) is 13.8 Å². The molecule has 0 aliphatic rings. The van der Waals surface area contributed by atoms with Gasteiger partial charge in [0.05, 0.1) is 6.10 Å². The fourth-order valence-corrected chi connectivity index (χ4v) is 1.47. The number of carboxylic acids is 1. The highest BCUT2D eigenvalue weighted by atomic mass is 16.5. The van der Waals surface area contributed by atoms with Gasteiger partial charge >= 0.3 is 5.97 Å². The second-order valence-corrected chi connectivity index (χ2v) is 4.25. The molecule has 0 saturated heterocycles. The molecule has 0 aliphatic carbocycles. The van der Waals surface area contributed by atoms with Crippen molar-refractivity contribution in [3.05, 3.63) is 29.8 Å². The lowest BCUT2D eigenvalue weighted by Gasteiger charge is -2.15. The number of hydrogen-bond acceptors (Lipinski definition) is 3. The molecule has 0 spiro atoms. The third-order valence-corrected chi connectivity index (χ3v) is 2.17. The lowest BCUT2D eigenvalue weighted by atomic mass is 10.2. The van der Waals surface area contributed by atoms with Crippen molar-refractivity contribution in [1.29, 1.82) is 0 Å². The van der Waals surface area contributed by atoms with Gasteiger partial charge in [0.2, 0.25) is 0 Å². The Kier molecular flexibility index (Phi) is 4.71. The van der Waals surface area contributed by atoms with E-state index >= 15 is 0 Å². The topological polar surface area (TPSA) is 66.8 Å². The first kappa shape index (κ1) is 14.0. The summed E-state index contributed by atoms with van der Waals surface area (Å²) in [6.07, 6.45) is 0.0205. The van der Waals surface area contributed by atoms with Gasteiger partial charge in [0, 0.05) is 12.6 Å². The van der Waals surface area contributed by atoms with Gasteiger partial charge in [-0.15, -0.1) is 0 Å². The minimum Gasteiger partial charge on any atom is -0.491 e. The molecule has 1 aromatic carbocycles. The highest BCUT2D eigenvalue weighted by Gasteiger charge is 2.14. The number of ether oxygens (including phenoxy) is 1. The zero-order valence-electron chi connectivity index (χ0n) is 10.7. The van der Waals surface area contributed by atoms with Gasteiger partial charge in [-0.05, 0) is 32.0 Å². The Hall–Kier alpha value is -2.04. The van der Waals surface area contributed by atoms with Crippen LogP contribution in [0.15, 0.2) is 24.3 Å². The van der Waals surface area contributed by atoms with Crippen molar-refractivity contribution in [1.82, 2.24) is 4.90 Å². The summed E-state index contributed by atoms with van der Waals surface area (Å²) in [6.45, 7) is 3.46. The molecule has 0 radical (unpaired) electrons. The number of amides is 1. The summed E-state index contributed by atoms with van der Waals surface area (Å²) in [5.74, 6) is -0.786. The predicted octanol–water partition coefficient (Wildman–Crippen LogP) is 1.63. The summed E-state index contributed by atoms with van der Waals surface area (Å²) in [4.78, 5) is 23.6. The number of carboxylic acid groups (broad SMARTS) is 1. The van der Waals surface area contributed by atoms with Crippen molar-refractivity contribution in [2.24, 2.45) is 0 Å². The third-order valence-electron chi connectivity index (χ3n) is 2.17. The first-order valence-electron chi connectivity index (χ1n) is 5.64. The molecule has 0 heterocycles. The molecule has 0 saturated carbocycles. The minimum atomic E-state index is -1.04. The van der Waals surface area contributed by atoms with Crippen molar-refractivity contribution < 1.29 is 19.4 Å². The lowest BCUT2D eigenvalue weighted by molar-refractivity contribution is -0.137. The van der Waals surface area contributed by atoms with Gasteiger partial charge in [-0.3, -0.25) is 9.59 Å². The summed E-state index contributed by atoms with van der Waals surface area (Å²) < 4.78 is 5.48. The van der Waals surface area contributed by atoms with E-state index in [1.54, 1.807) is 24.3 Å². The molecule has 1 aromatic rings. The Bertz CT molecular complexity index is 442. The molecule has 0 bridgehead atoms. The quantitative estimate of drug-likeness (QED) is 0.863. The Balaban J connectivity index is 2.82. The van der Waals surface area contributed by atoms with Crippen molar-refractivity contribution >= 4 is 11.9 Å². The minimum absolute atomic E-state index is 0.0205. The van der Waals surface area contributed by atoms with Crippen molar-refractivity contribution in [3.63, 3.8) is 0 Å². The molecule has 98 valence electrons. The Morgan fingerprint density at radius 3 is 2.61 bits per heavy atom. The van der Waals surface area contributed by atoms with E-state index < -0.39 is 5.97 Å². The second-order valence-electron chi connectivity index (χ2n) is 4.25. The number of likely N-dealkylation sites (N-methyl/N-ethyl adjacent to an activating group) is 1. The SMILES string of the molecule is CC(C)Oc1cccc(C(=O)N(C)CC(=O)O)c1. The molecule has 18 heavy (non-hydrogen) atoms. The molecule has 0 atom stereocenters. The van der Waals surface area contributed by atoms with Gasteiger partial charge in [-0.25, -0.2) is 0 Å². The van der Waals surface area contributed by atoms with Crippen LogP contribution in [-0.2, 0) is 4.79 Å². The zero-order valence-corrected chi connectivity index (χ0v) is 10.7. The first-order chi connectivity index (χ1) is 8.40. The van der Waals surface area contributed by atoms with Crippen LogP contribution >= 0.6 is 0 Å². The van der Waals surface area contributed by atoms with E-state index in [9.17, 15) is 9.59 Å². The molecular formula is C13H17NO4. The molecule has 1 amide bonds. The molecule has 1 N–H and O–H groups in total. The summed E-state index contributed by atoms with van der Waals surface area (Å²) in [5, 5.41) is 8.63. The number of hydrogen-bond donors (Lipinski definition) is 1. The second kappa shape index (κ2) is 6.05. The normalized spacial score (nSPS) is 10.2. The first-order valence-corrected chi connectivity index (χ1v) is 5.64. The highest BCUT2D eigenvalue weighted by molar-refractivity contribution is 5.95. The number of benzene rings is 1. The van der Waals surface area contributed by atoms with Gasteiger partial charge in [-0.2, -0.15) is 0 Å². The molecule has 0 aromatic heterocycles. The monoisotopic (exact) mass is 251 g/mol. The summed E-state index contributed by atoms with van der Waals surface area (Å²) >= 11 is 0. The number of aliphatic carboxylic acids is 1. The molecule has 1 rings (SSSR count). The predicted molar refractivity (Wildman–Crippen MR) is 66.8 cm³/mol. The summed E-state index contributed by atoms with van der Waals surface area (Å²) in [5.41, 5.74) is 0.414. The number of carbonyl (C=O) groups excluding carboxylic acids is 1. The zero-order chi connectivity index (χ0) is 13.7. The van der Waals surface area contributed by atoms with Crippen molar-refractivity contribution in [2.75, 3.05) is 13.6 Å². The standard InChI is InChI=1S/C13H17NO4/c1-9(2)18-11-6-4-5-10(7-11)13(17)14(3)8-12(15)16/h4-7,9H,8H2,1-3H3,(H,15,16). The van der Waals surface area contributed by atoms with Gasteiger partial charge < -0.3 is 14.7 Å². The van der Waals surface area contributed by atoms with Gasteiger partial charge in [0.1, 0.15) is 12.3 Å². The average Bonchev–Trinajstić information content (AvgIpc) is 2.26. The number of carbonyl (C=O) groups is 2. The third kappa shape index (κ3) is 4.08. The summed E-state index contributed by atoms with van der Waals surface area (Å²) in [6, 6.07) is 6.71. The maximum absolute atomic E-state index is 11.9. The molecule has 0 fully saturated rings. The van der Waals surface area contributed by atoms with Crippen molar-refractivity contribution in [3.8, 4) is 5.75 Å². The van der Waals surface area contributed by atoms with Crippen LogP contribution in [0.5, 0.6) is 5.75 Å². The Labute approximate surface area is 106 Å². The molecule has 5 heteroatoms. The van der Waals surface area contributed by atoms with Crippen LogP contribution < -0.4 is 4.74 Å². The Morgan fingerprint density at radius 1 is 1.39 bits per heavy atom. The molecule has 0 unspecified atom stereocenters. The van der Waals surface area contributed by atoms with Gasteiger partial charge in [0.15, 0.2) is 0 Å². The number of nitrogens with zero attached hydrogens (tertiary/aromatic N) is 1. The van der Waals surface area contributed by atoms with Crippen LogP contribution in [0.4, 0.5) is 0 Å². The van der Waals surface area contributed by atoms with Crippen LogP contribution in [0, 0.1) is 0 Å². The van der Waals surface area contributed by atoms with E-state index in [0.29, 0.717) is 11.3 Å². The van der Waals surface area contributed by atoms with E-state index in [2.05, 4.69) is 0 Å². The smallest absolute Gasteiger partial charge is 0.323 e. The van der Waals surface area contributed by atoms with Crippen molar-refractivity contribution in [2.45, 2.75) is 20.0 Å². The molecular weight excluding hydrogens is 234 g/mol. The van der Waals surface area contributed by atoms with Gasteiger partial charge in [-0.1, -0.05) is 6.07 Å². The Morgan fingerprint density at radius 2 is 2.06 bits per heavy atom. The van der Waals surface area contributed by atoms with Crippen LogP contribution in [0.1, 0.15) is 24.2 Å². The van der Waals surface area contributed by atoms with Crippen LogP contribution in [0.3, 0.4) is 0 Å². The average molecular weight is 251 g/mol. The maximum Gasteiger partial charge on any atom is 0.323 e. The largest absolute Gasteiger partial charge is 0.491 e. The van der Waals surface area contributed by atoms with Crippen LogP contribution in [-0.4, -0.2) is 41.6 Å². The van der Waals surface area contributed by atoms with E-state index in [-0.39, 0.29) is 18.6 Å². The van der Waals surface area contributed by atoms with E-state index in [0.717, 1.165) is 4.90 Å². The van der Waals surface area contributed by atoms with Crippen LogP contribution in [0.2, 0.25) is 0 Å². The lowest BCUT2D eigenvalue weighted by Crippen LogP contribution is -2.31. The van der Waals surface area contributed by atoms with Crippen LogP contribution in [0.25, 0.3) is 0 Å².